The van der Waals surface area contributed by atoms with Gasteiger partial charge in [0.25, 0.3) is 0 Å². The van der Waals surface area contributed by atoms with Crippen LogP contribution in [0.25, 0.3) is 10.9 Å². The number of benzene rings is 1. The average Bonchev–Trinajstić information content (AvgIpc) is 2.18. The first kappa shape index (κ1) is 10.5. The molecule has 1 aromatic heterocycles. The zero-order valence-electron chi connectivity index (χ0n) is 8.46. The molecule has 0 spiro atoms. The lowest BCUT2D eigenvalue weighted by Crippen LogP contribution is -1.98. The Kier molecular flexibility index (Phi) is 2.69. The fraction of sp³-hybridized carbons (Fsp3) is 0.273. The molecule has 0 amide bonds. The van der Waals surface area contributed by atoms with Gasteiger partial charge in [0, 0.05) is 5.39 Å². The summed E-state index contributed by atoms with van der Waals surface area (Å²) in [4.78, 5) is 8.33. The summed E-state index contributed by atoms with van der Waals surface area (Å²) in [7, 11) is 0. The monoisotopic (exact) mass is 268 g/mol. The fourth-order valence-corrected chi connectivity index (χ4v) is 1.92. The van der Waals surface area contributed by atoms with Crippen molar-refractivity contribution in [3.05, 3.63) is 34.4 Å². The summed E-state index contributed by atoms with van der Waals surface area (Å²) in [6.45, 7) is 4.05. The summed E-state index contributed by atoms with van der Waals surface area (Å²) >= 11 is 3.20. The van der Waals surface area contributed by atoms with Crippen LogP contribution in [-0.2, 0) is 0 Å². The molecule has 2 nitrogen and oxygen atoms in total. The van der Waals surface area contributed by atoms with Crippen molar-refractivity contribution in [1.29, 1.82) is 0 Å². The van der Waals surface area contributed by atoms with Crippen molar-refractivity contribution in [1.82, 2.24) is 9.97 Å². The molecule has 78 valence electrons. The largest absolute Gasteiger partial charge is 0.226 e. The lowest BCUT2D eigenvalue weighted by molar-refractivity contribution is 0.635. The normalized spacial score (nSPS) is 11.3. The van der Waals surface area contributed by atoms with Gasteiger partial charge in [-0.3, -0.25) is 0 Å². The Bertz CT molecular complexity index is 511. The molecule has 0 radical (unpaired) electrons. The Labute approximate surface area is 95.7 Å². The van der Waals surface area contributed by atoms with Crippen LogP contribution >= 0.6 is 15.9 Å². The molecule has 1 aromatic carbocycles. The third-order valence-corrected chi connectivity index (χ3v) is 2.58. The summed E-state index contributed by atoms with van der Waals surface area (Å²) in [5.74, 6) is -0.0638. The first-order chi connectivity index (χ1) is 7.09. The van der Waals surface area contributed by atoms with Gasteiger partial charge in [-0.25, -0.2) is 14.4 Å². The number of fused-ring (bicyclic) bond motifs is 1. The molecule has 0 unspecified atom stereocenters. The Balaban J connectivity index is 2.86. The topological polar surface area (TPSA) is 25.8 Å². The number of halogens is 2. The summed E-state index contributed by atoms with van der Waals surface area (Å²) < 4.78 is 13.9. The number of aromatic nitrogens is 2. The molecule has 0 aliphatic rings. The van der Waals surface area contributed by atoms with E-state index >= 15 is 0 Å². The fourth-order valence-electron chi connectivity index (χ4n) is 1.55. The Morgan fingerprint density at radius 1 is 1.27 bits per heavy atom. The molecule has 0 aliphatic heterocycles. The van der Waals surface area contributed by atoms with Gasteiger partial charge < -0.3 is 0 Å². The highest BCUT2D eigenvalue weighted by atomic mass is 79.9. The molecule has 0 N–H and O–H groups in total. The molecular weight excluding hydrogens is 259 g/mol. The van der Waals surface area contributed by atoms with Crippen LogP contribution in [0.3, 0.4) is 0 Å². The molecule has 0 atom stereocenters. The first-order valence-electron chi connectivity index (χ1n) is 4.71. The average molecular weight is 269 g/mol. The molecular formula is C11H10BrFN2. The Morgan fingerprint density at radius 2 is 2.00 bits per heavy atom. The quantitative estimate of drug-likeness (QED) is 0.738. The van der Waals surface area contributed by atoms with Crippen LogP contribution in [0, 0.1) is 5.82 Å². The van der Waals surface area contributed by atoms with Crippen molar-refractivity contribution < 1.29 is 4.39 Å². The third-order valence-electron chi connectivity index (χ3n) is 2.23. The number of nitrogens with zero attached hydrogens (tertiary/aromatic N) is 2. The highest BCUT2D eigenvalue weighted by molar-refractivity contribution is 9.10. The maximum absolute atomic E-state index is 13.5. The van der Waals surface area contributed by atoms with Gasteiger partial charge in [0.1, 0.15) is 11.3 Å². The molecule has 2 rings (SSSR count). The standard InChI is InChI=1S/C11H10BrFN2/c1-6(2)9-7-4-3-5-8(13)10(7)15-11(12)14-9/h3-6H,1-2H3. The molecule has 15 heavy (non-hydrogen) atoms. The van der Waals surface area contributed by atoms with Crippen LogP contribution in [0.2, 0.25) is 0 Å². The van der Waals surface area contributed by atoms with Crippen LogP contribution in [-0.4, -0.2) is 9.97 Å². The van der Waals surface area contributed by atoms with Gasteiger partial charge >= 0.3 is 0 Å². The highest BCUT2D eigenvalue weighted by Crippen LogP contribution is 2.25. The molecule has 0 aliphatic carbocycles. The maximum atomic E-state index is 13.5. The number of rotatable bonds is 1. The van der Waals surface area contributed by atoms with Gasteiger partial charge in [-0.05, 0) is 27.9 Å². The van der Waals surface area contributed by atoms with E-state index in [9.17, 15) is 4.39 Å². The van der Waals surface area contributed by atoms with Crippen molar-refractivity contribution in [2.45, 2.75) is 19.8 Å². The van der Waals surface area contributed by atoms with E-state index in [4.69, 9.17) is 0 Å². The minimum absolute atomic E-state index is 0.244. The summed E-state index contributed by atoms with van der Waals surface area (Å²) in [6, 6.07) is 4.94. The van der Waals surface area contributed by atoms with Gasteiger partial charge in [-0.15, -0.1) is 0 Å². The zero-order chi connectivity index (χ0) is 11.0. The zero-order valence-corrected chi connectivity index (χ0v) is 10.0. The van der Waals surface area contributed by atoms with E-state index in [1.165, 1.54) is 6.07 Å². The molecule has 4 heteroatoms. The predicted octanol–water partition coefficient (Wildman–Crippen LogP) is 3.65. The third kappa shape index (κ3) is 1.86. The highest BCUT2D eigenvalue weighted by Gasteiger charge is 2.11. The predicted molar refractivity (Wildman–Crippen MR) is 61.3 cm³/mol. The van der Waals surface area contributed by atoms with Gasteiger partial charge in [0.05, 0.1) is 5.69 Å². The van der Waals surface area contributed by atoms with Gasteiger partial charge in [-0.2, -0.15) is 0 Å². The minimum Gasteiger partial charge on any atom is -0.226 e. The Morgan fingerprint density at radius 3 is 2.67 bits per heavy atom. The second kappa shape index (κ2) is 3.85. The van der Waals surface area contributed by atoms with Crippen molar-refractivity contribution in [2.75, 3.05) is 0 Å². The molecule has 2 aromatic rings. The van der Waals surface area contributed by atoms with E-state index in [0.717, 1.165) is 11.1 Å². The molecule has 0 saturated carbocycles. The van der Waals surface area contributed by atoms with Gasteiger partial charge in [0.2, 0.25) is 0 Å². The lowest BCUT2D eigenvalue weighted by atomic mass is 10.0. The summed E-state index contributed by atoms with van der Waals surface area (Å²) in [5, 5.41) is 0.785. The van der Waals surface area contributed by atoms with Crippen molar-refractivity contribution in [3.63, 3.8) is 0 Å². The lowest BCUT2D eigenvalue weighted by Gasteiger charge is -2.09. The van der Waals surface area contributed by atoms with Crippen molar-refractivity contribution in [2.24, 2.45) is 0 Å². The van der Waals surface area contributed by atoms with Crippen LogP contribution in [0.5, 0.6) is 0 Å². The molecule has 0 saturated heterocycles. The van der Waals surface area contributed by atoms with Crippen LogP contribution in [0.1, 0.15) is 25.5 Å². The van der Waals surface area contributed by atoms with Crippen LogP contribution < -0.4 is 0 Å². The maximum Gasteiger partial charge on any atom is 0.197 e. The van der Waals surface area contributed by atoms with Gasteiger partial charge in [0.15, 0.2) is 4.73 Å². The van der Waals surface area contributed by atoms with Crippen LogP contribution in [0.4, 0.5) is 4.39 Å². The SMILES string of the molecule is CC(C)c1nc(Br)nc2c(F)cccc12. The van der Waals surface area contributed by atoms with Crippen molar-refractivity contribution >= 4 is 26.8 Å². The van der Waals surface area contributed by atoms with E-state index in [1.54, 1.807) is 6.07 Å². The summed E-state index contributed by atoms with van der Waals surface area (Å²) in [6.07, 6.45) is 0. The van der Waals surface area contributed by atoms with Gasteiger partial charge in [-0.1, -0.05) is 26.0 Å². The van der Waals surface area contributed by atoms with Crippen molar-refractivity contribution in [3.8, 4) is 0 Å². The van der Waals surface area contributed by atoms with E-state index in [0.29, 0.717) is 10.3 Å². The molecule has 0 fully saturated rings. The minimum atomic E-state index is -0.308. The van der Waals surface area contributed by atoms with E-state index in [-0.39, 0.29) is 11.7 Å². The smallest absolute Gasteiger partial charge is 0.197 e. The molecule has 0 bridgehead atoms. The second-order valence-corrected chi connectivity index (χ2v) is 4.38. The number of hydrogen-bond donors (Lipinski definition) is 0. The summed E-state index contributed by atoms with van der Waals surface area (Å²) in [5.41, 5.74) is 1.24. The number of para-hydroxylation sites is 1. The van der Waals surface area contributed by atoms with Crippen LogP contribution in [0.15, 0.2) is 22.9 Å². The van der Waals surface area contributed by atoms with E-state index in [1.807, 2.05) is 19.9 Å². The van der Waals surface area contributed by atoms with E-state index < -0.39 is 0 Å². The Hall–Kier alpha value is -1.03. The first-order valence-corrected chi connectivity index (χ1v) is 5.50. The van der Waals surface area contributed by atoms with E-state index in [2.05, 4.69) is 25.9 Å². The second-order valence-electron chi connectivity index (χ2n) is 3.67. The molecule has 1 heterocycles. The number of hydrogen-bond acceptors (Lipinski definition) is 2.